The first kappa shape index (κ1) is 17.0. The van der Waals surface area contributed by atoms with Crippen LogP contribution in [0, 0.1) is 12.8 Å². The maximum atomic E-state index is 11.3. The molecule has 1 saturated heterocycles. The van der Waals surface area contributed by atoms with Crippen LogP contribution < -0.4 is 4.90 Å². The molecule has 0 atom stereocenters. The zero-order chi connectivity index (χ0) is 18.1. The summed E-state index contributed by atoms with van der Waals surface area (Å²) in [5.74, 6) is 0.949. The van der Waals surface area contributed by atoms with E-state index in [1.165, 1.54) is 5.56 Å². The minimum absolute atomic E-state index is 0.0141. The lowest BCUT2D eigenvalue weighted by atomic mass is 9.98. The lowest BCUT2D eigenvalue weighted by Crippen LogP contribution is -2.35. The Morgan fingerprint density at radius 2 is 1.85 bits per heavy atom. The van der Waals surface area contributed by atoms with Gasteiger partial charge >= 0.3 is 0 Å². The molecule has 0 amide bonds. The Hall–Kier alpha value is -2.46. The molecule has 0 bridgehead atoms. The molecule has 0 spiro atoms. The van der Waals surface area contributed by atoms with E-state index in [-0.39, 0.29) is 11.2 Å². The van der Waals surface area contributed by atoms with Crippen molar-refractivity contribution in [3.05, 3.63) is 54.4 Å². The first-order valence-corrected chi connectivity index (χ1v) is 9.26. The Labute approximate surface area is 157 Å². The third kappa shape index (κ3) is 3.42. The molecule has 4 nitrogen and oxygen atoms in total. The number of anilines is 1. The summed E-state index contributed by atoms with van der Waals surface area (Å²) in [6.45, 7) is 3.63. The number of aryl methyl sites for hydroxylation is 1. The number of nitrogens with zero attached hydrogens (tertiary/aromatic N) is 3. The SMILES string of the molecule is Cc1cc(-c2ccc3nc(N4CCC(C(=O)Cl)CC4)ccc3c2)ccn1. The second-order valence-electron chi connectivity index (χ2n) is 6.83. The first-order chi connectivity index (χ1) is 12.6. The second-order valence-corrected chi connectivity index (χ2v) is 7.20. The average Bonchev–Trinajstić information content (AvgIpc) is 2.67. The largest absolute Gasteiger partial charge is 0.357 e. The average molecular weight is 366 g/mol. The van der Waals surface area contributed by atoms with Crippen molar-refractivity contribution in [1.29, 1.82) is 0 Å². The molecule has 4 rings (SSSR count). The zero-order valence-corrected chi connectivity index (χ0v) is 15.4. The van der Waals surface area contributed by atoms with Crippen molar-refractivity contribution in [1.82, 2.24) is 9.97 Å². The van der Waals surface area contributed by atoms with Crippen LogP contribution in [-0.4, -0.2) is 28.3 Å². The fraction of sp³-hybridized carbons (Fsp3) is 0.286. The van der Waals surface area contributed by atoms with Crippen LogP contribution in [0.25, 0.3) is 22.0 Å². The highest BCUT2D eigenvalue weighted by molar-refractivity contribution is 6.64. The predicted molar refractivity (Wildman–Crippen MR) is 106 cm³/mol. The zero-order valence-electron chi connectivity index (χ0n) is 14.7. The summed E-state index contributed by atoms with van der Waals surface area (Å²) in [5, 5.41) is 0.904. The molecule has 1 fully saturated rings. The van der Waals surface area contributed by atoms with Gasteiger partial charge in [0.15, 0.2) is 0 Å². The van der Waals surface area contributed by atoms with Crippen molar-refractivity contribution in [2.45, 2.75) is 19.8 Å². The lowest BCUT2D eigenvalue weighted by molar-refractivity contribution is -0.115. The molecular formula is C21H20ClN3O. The van der Waals surface area contributed by atoms with Gasteiger partial charge in [0.2, 0.25) is 5.24 Å². The molecule has 1 aliphatic rings. The summed E-state index contributed by atoms with van der Waals surface area (Å²) in [5.41, 5.74) is 4.32. The number of carbonyl (C=O) groups is 1. The molecule has 0 saturated carbocycles. The highest BCUT2D eigenvalue weighted by Gasteiger charge is 2.24. The van der Waals surface area contributed by atoms with Gasteiger partial charge in [0.25, 0.3) is 0 Å². The van der Waals surface area contributed by atoms with Crippen molar-refractivity contribution in [3.63, 3.8) is 0 Å². The Bertz CT molecular complexity index is 964. The number of aromatic nitrogens is 2. The van der Waals surface area contributed by atoms with Gasteiger partial charge in [-0.2, -0.15) is 0 Å². The normalized spacial score (nSPS) is 15.4. The van der Waals surface area contributed by atoms with Crippen LogP contribution in [0.4, 0.5) is 5.82 Å². The Kier molecular flexibility index (Phi) is 4.60. The van der Waals surface area contributed by atoms with E-state index in [1.807, 2.05) is 19.2 Å². The minimum atomic E-state index is -0.213. The van der Waals surface area contributed by atoms with Gasteiger partial charge in [0, 0.05) is 36.3 Å². The monoisotopic (exact) mass is 365 g/mol. The molecule has 0 radical (unpaired) electrons. The summed E-state index contributed by atoms with van der Waals surface area (Å²) < 4.78 is 0. The highest BCUT2D eigenvalue weighted by atomic mass is 35.5. The third-order valence-electron chi connectivity index (χ3n) is 5.04. The van der Waals surface area contributed by atoms with E-state index in [0.717, 1.165) is 53.9 Å². The first-order valence-electron chi connectivity index (χ1n) is 8.88. The Balaban J connectivity index is 1.59. The molecule has 2 aromatic heterocycles. The Morgan fingerprint density at radius 3 is 2.58 bits per heavy atom. The van der Waals surface area contributed by atoms with Gasteiger partial charge in [-0.1, -0.05) is 6.07 Å². The third-order valence-corrected chi connectivity index (χ3v) is 5.35. The van der Waals surface area contributed by atoms with Crippen molar-refractivity contribution < 1.29 is 4.79 Å². The van der Waals surface area contributed by atoms with E-state index in [0.29, 0.717) is 0 Å². The smallest absolute Gasteiger partial charge is 0.224 e. The number of hydrogen-bond donors (Lipinski definition) is 0. The van der Waals surface area contributed by atoms with Gasteiger partial charge in [0.1, 0.15) is 5.82 Å². The highest BCUT2D eigenvalue weighted by Crippen LogP contribution is 2.28. The molecule has 26 heavy (non-hydrogen) atoms. The fourth-order valence-corrected chi connectivity index (χ4v) is 3.75. The summed E-state index contributed by atoms with van der Waals surface area (Å²) in [4.78, 5) is 22.6. The molecular weight excluding hydrogens is 346 g/mol. The number of hydrogen-bond acceptors (Lipinski definition) is 4. The van der Waals surface area contributed by atoms with E-state index in [4.69, 9.17) is 16.6 Å². The van der Waals surface area contributed by atoms with E-state index in [2.05, 4.69) is 46.3 Å². The summed E-state index contributed by atoms with van der Waals surface area (Å²) >= 11 is 5.63. The van der Waals surface area contributed by atoms with Crippen LogP contribution in [0.5, 0.6) is 0 Å². The van der Waals surface area contributed by atoms with Gasteiger partial charge in [-0.3, -0.25) is 9.78 Å². The maximum Gasteiger partial charge on any atom is 0.224 e. The number of pyridine rings is 2. The van der Waals surface area contributed by atoms with Crippen LogP contribution in [0.2, 0.25) is 0 Å². The number of benzene rings is 1. The number of piperidine rings is 1. The van der Waals surface area contributed by atoms with Crippen molar-refractivity contribution in [2.24, 2.45) is 5.92 Å². The van der Waals surface area contributed by atoms with Gasteiger partial charge in [-0.05, 0) is 78.9 Å². The molecule has 3 heterocycles. The topological polar surface area (TPSA) is 46.1 Å². The van der Waals surface area contributed by atoms with E-state index in [9.17, 15) is 4.79 Å². The van der Waals surface area contributed by atoms with Crippen LogP contribution in [0.3, 0.4) is 0 Å². The molecule has 1 aromatic carbocycles. The van der Waals surface area contributed by atoms with Crippen LogP contribution in [-0.2, 0) is 4.79 Å². The quantitative estimate of drug-likeness (QED) is 0.637. The minimum Gasteiger partial charge on any atom is -0.357 e. The van der Waals surface area contributed by atoms with Crippen molar-refractivity contribution in [2.75, 3.05) is 18.0 Å². The van der Waals surface area contributed by atoms with Gasteiger partial charge in [-0.15, -0.1) is 0 Å². The van der Waals surface area contributed by atoms with Gasteiger partial charge < -0.3 is 4.90 Å². The number of halogens is 1. The van der Waals surface area contributed by atoms with E-state index >= 15 is 0 Å². The van der Waals surface area contributed by atoms with Crippen molar-refractivity contribution >= 4 is 33.6 Å². The molecule has 0 unspecified atom stereocenters. The van der Waals surface area contributed by atoms with E-state index < -0.39 is 0 Å². The lowest BCUT2D eigenvalue weighted by Gasteiger charge is -2.31. The second kappa shape index (κ2) is 7.04. The van der Waals surface area contributed by atoms with Crippen LogP contribution >= 0.6 is 11.6 Å². The van der Waals surface area contributed by atoms with Gasteiger partial charge in [-0.25, -0.2) is 4.98 Å². The predicted octanol–water partition coefficient (Wildman–Crippen LogP) is 4.59. The van der Waals surface area contributed by atoms with E-state index in [1.54, 1.807) is 0 Å². The molecule has 0 aliphatic carbocycles. The summed E-state index contributed by atoms with van der Waals surface area (Å²) in [7, 11) is 0. The summed E-state index contributed by atoms with van der Waals surface area (Å²) in [6, 6.07) is 14.6. The van der Waals surface area contributed by atoms with Crippen LogP contribution in [0.15, 0.2) is 48.7 Å². The molecule has 132 valence electrons. The molecule has 3 aromatic rings. The molecule has 0 N–H and O–H groups in total. The molecule has 5 heteroatoms. The standard InChI is InChI=1S/C21H20ClN3O/c1-14-12-17(6-9-23-14)16-2-4-19-18(13-16)3-5-20(24-19)25-10-7-15(8-11-25)21(22)26/h2-6,9,12-13,15H,7-8,10-11H2,1H3. The van der Waals surface area contributed by atoms with Crippen LogP contribution in [0.1, 0.15) is 18.5 Å². The number of fused-ring (bicyclic) bond motifs is 1. The van der Waals surface area contributed by atoms with Gasteiger partial charge in [0.05, 0.1) is 5.52 Å². The Morgan fingerprint density at radius 1 is 1.08 bits per heavy atom. The summed E-state index contributed by atoms with van der Waals surface area (Å²) in [6.07, 6.45) is 3.43. The fourth-order valence-electron chi connectivity index (χ4n) is 3.53. The maximum absolute atomic E-state index is 11.3. The van der Waals surface area contributed by atoms with Crippen molar-refractivity contribution in [3.8, 4) is 11.1 Å². The number of rotatable bonds is 3. The molecule has 1 aliphatic heterocycles. The number of carbonyl (C=O) groups excluding carboxylic acids is 1.